The van der Waals surface area contributed by atoms with E-state index in [0.29, 0.717) is 11.2 Å². The Morgan fingerprint density at radius 2 is 1.94 bits per heavy atom. The fraction of sp³-hybridized carbons (Fsp3) is 0.214. The highest BCUT2D eigenvalue weighted by Gasteiger charge is 2.11. The Hall–Kier alpha value is -1.54. The number of hydrogen-bond acceptors (Lipinski definition) is 2. The molecule has 1 N–H and O–H groups in total. The predicted molar refractivity (Wildman–Crippen MR) is 72.5 cm³/mol. The minimum atomic E-state index is 0.458. The fourth-order valence-corrected chi connectivity index (χ4v) is 2.44. The molecule has 1 aliphatic carbocycles. The maximum atomic E-state index is 6.18. The minimum absolute atomic E-state index is 0.458. The lowest BCUT2D eigenvalue weighted by atomic mass is 10.1. The summed E-state index contributed by atoms with van der Waals surface area (Å²) in [5, 5.41) is 6.11. The third kappa shape index (κ3) is 2.13. The van der Waals surface area contributed by atoms with Gasteiger partial charge in [-0.15, -0.1) is 0 Å². The van der Waals surface area contributed by atoms with Gasteiger partial charge in [0.2, 0.25) is 0 Å². The van der Waals surface area contributed by atoms with Crippen LogP contribution >= 0.6 is 11.6 Å². The number of nitrogens with one attached hydrogen (secondary N) is 1. The zero-order valence-electron chi connectivity index (χ0n) is 9.36. The molecule has 1 aliphatic rings. The molecule has 0 aliphatic heterocycles. The van der Waals surface area contributed by atoms with Crippen molar-refractivity contribution in [2.24, 2.45) is 0 Å². The first-order chi connectivity index (χ1) is 8.33. The monoisotopic (exact) mass is 244 g/mol. The van der Waals surface area contributed by atoms with Crippen LogP contribution in [0.4, 0.5) is 5.82 Å². The average molecular weight is 245 g/mol. The van der Waals surface area contributed by atoms with Crippen molar-refractivity contribution < 1.29 is 0 Å². The van der Waals surface area contributed by atoms with Gasteiger partial charge in [0.05, 0.1) is 0 Å². The second-order valence-electron chi connectivity index (χ2n) is 4.30. The minimum Gasteiger partial charge on any atom is -0.367 e. The van der Waals surface area contributed by atoms with Crippen LogP contribution in [0.1, 0.15) is 12.8 Å². The van der Waals surface area contributed by atoms with Gasteiger partial charge in [-0.2, -0.15) is 0 Å². The molecule has 2 aromatic rings. The summed E-state index contributed by atoms with van der Waals surface area (Å²) in [5.41, 5.74) is 0. The molecule has 0 saturated carbocycles. The number of anilines is 1. The molecule has 1 aromatic heterocycles. The van der Waals surface area contributed by atoms with Crippen LogP contribution in [-0.2, 0) is 0 Å². The topological polar surface area (TPSA) is 24.9 Å². The molecule has 0 bridgehead atoms. The first-order valence-electron chi connectivity index (χ1n) is 5.80. The van der Waals surface area contributed by atoms with Gasteiger partial charge in [0.1, 0.15) is 11.0 Å². The summed E-state index contributed by atoms with van der Waals surface area (Å²) in [6.07, 6.45) is 6.51. The van der Waals surface area contributed by atoms with Crippen molar-refractivity contribution in [2.45, 2.75) is 18.9 Å². The van der Waals surface area contributed by atoms with Crippen molar-refractivity contribution in [3.63, 3.8) is 0 Å². The zero-order chi connectivity index (χ0) is 11.7. The summed E-state index contributed by atoms with van der Waals surface area (Å²) in [4.78, 5) is 4.39. The molecular formula is C14H13ClN2. The molecule has 0 amide bonds. The molecule has 1 aromatic carbocycles. The number of hydrogen-bond donors (Lipinski definition) is 1. The van der Waals surface area contributed by atoms with Crippen LogP contribution in [0, 0.1) is 0 Å². The SMILES string of the molecule is Clc1nc(NC2CC=CC2)cc2ccccc12. The van der Waals surface area contributed by atoms with E-state index in [-0.39, 0.29) is 0 Å². The van der Waals surface area contributed by atoms with Gasteiger partial charge in [0, 0.05) is 11.4 Å². The van der Waals surface area contributed by atoms with Crippen LogP contribution < -0.4 is 5.32 Å². The van der Waals surface area contributed by atoms with Crippen molar-refractivity contribution in [1.29, 1.82) is 0 Å². The number of benzene rings is 1. The lowest BCUT2D eigenvalue weighted by Crippen LogP contribution is -2.15. The van der Waals surface area contributed by atoms with Crippen LogP contribution in [0.15, 0.2) is 42.5 Å². The molecule has 0 spiro atoms. The maximum absolute atomic E-state index is 6.18. The summed E-state index contributed by atoms with van der Waals surface area (Å²) in [6.45, 7) is 0. The summed E-state index contributed by atoms with van der Waals surface area (Å²) in [6, 6.07) is 10.6. The molecule has 0 atom stereocenters. The van der Waals surface area contributed by atoms with Crippen LogP contribution in [0.3, 0.4) is 0 Å². The van der Waals surface area contributed by atoms with E-state index in [1.807, 2.05) is 18.2 Å². The Labute approximate surface area is 105 Å². The van der Waals surface area contributed by atoms with E-state index in [9.17, 15) is 0 Å². The van der Waals surface area contributed by atoms with Gasteiger partial charge in [-0.25, -0.2) is 4.98 Å². The van der Waals surface area contributed by atoms with E-state index in [0.717, 1.165) is 29.4 Å². The van der Waals surface area contributed by atoms with Crippen LogP contribution in [0.5, 0.6) is 0 Å². The zero-order valence-corrected chi connectivity index (χ0v) is 10.1. The third-order valence-corrected chi connectivity index (χ3v) is 3.34. The molecule has 86 valence electrons. The summed E-state index contributed by atoms with van der Waals surface area (Å²) < 4.78 is 0. The quantitative estimate of drug-likeness (QED) is 0.638. The molecule has 17 heavy (non-hydrogen) atoms. The van der Waals surface area contributed by atoms with Crippen LogP contribution in [0.25, 0.3) is 10.8 Å². The van der Waals surface area contributed by atoms with E-state index in [1.165, 1.54) is 0 Å². The number of fused-ring (bicyclic) bond motifs is 1. The number of nitrogens with zero attached hydrogens (tertiary/aromatic N) is 1. The second-order valence-corrected chi connectivity index (χ2v) is 4.66. The summed E-state index contributed by atoms with van der Waals surface area (Å²) in [5.74, 6) is 0.863. The highest BCUT2D eigenvalue weighted by molar-refractivity contribution is 6.34. The number of rotatable bonds is 2. The second kappa shape index (κ2) is 4.38. The molecule has 0 radical (unpaired) electrons. The van der Waals surface area contributed by atoms with Gasteiger partial charge in [-0.1, -0.05) is 48.0 Å². The molecule has 0 unspecified atom stereocenters. The largest absolute Gasteiger partial charge is 0.367 e. The summed E-state index contributed by atoms with van der Waals surface area (Å²) >= 11 is 6.18. The van der Waals surface area contributed by atoms with Gasteiger partial charge in [-0.3, -0.25) is 0 Å². The Morgan fingerprint density at radius 3 is 2.76 bits per heavy atom. The number of pyridine rings is 1. The Balaban J connectivity index is 1.94. The van der Waals surface area contributed by atoms with Crippen molar-refractivity contribution in [1.82, 2.24) is 4.98 Å². The molecule has 0 saturated heterocycles. The Morgan fingerprint density at radius 1 is 1.18 bits per heavy atom. The molecule has 0 fully saturated rings. The first kappa shape index (κ1) is 10.6. The number of halogens is 1. The fourth-order valence-electron chi connectivity index (χ4n) is 2.17. The molecule has 2 nitrogen and oxygen atoms in total. The van der Waals surface area contributed by atoms with Gasteiger partial charge in [0.15, 0.2) is 0 Å². The lowest BCUT2D eigenvalue weighted by Gasteiger charge is -2.13. The maximum Gasteiger partial charge on any atom is 0.139 e. The first-order valence-corrected chi connectivity index (χ1v) is 6.17. The van der Waals surface area contributed by atoms with E-state index in [4.69, 9.17) is 11.6 Å². The van der Waals surface area contributed by atoms with Crippen LogP contribution in [-0.4, -0.2) is 11.0 Å². The van der Waals surface area contributed by atoms with Gasteiger partial charge in [0.25, 0.3) is 0 Å². The molecule has 3 rings (SSSR count). The van der Waals surface area contributed by atoms with E-state index >= 15 is 0 Å². The number of aromatic nitrogens is 1. The summed E-state index contributed by atoms with van der Waals surface area (Å²) in [7, 11) is 0. The normalized spacial score (nSPS) is 15.6. The Kier molecular flexibility index (Phi) is 2.73. The van der Waals surface area contributed by atoms with Crippen molar-refractivity contribution >= 4 is 28.2 Å². The van der Waals surface area contributed by atoms with E-state index in [2.05, 4.69) is 34.6 Å². The van der Waals surface area contributed by atoms with E-state index < -0.39 is 0 Å². The lowest BCUT2D eigenvalue weighted by molar-refractivity contribution is 0.781. The van der Waals surface area contributed by atoms with Crippen molar-refractivity contribution in [2.75, 3.05) is 5.32 Å². The van der Waals surface area contributed by atoms with Crippen molar-refractivity contribution in [3.8, 4) is 0 Å². The van der Waals surface area contributed by atoms with Gasteiger partial charge < -0.3 is 5.32 Å². The third-order valence-electron chi connectivity index (χ3n) is 3.05. The highest BCUT2D eigenvalue weighted by Crippen LogP contribution is 2.25. The van der Waals surface area contributed by atoms with Gasteiger partial charge >= 0.3 is 0 Å². The van der Waals surface area contributed by atoms with Crippen LogP contribution in [0.2, 0.25) is 5.15 Å². The van der Waals surface area contributed by atoms with Gasteiger partial charge in [-0.05, 0) is 24.3 Å². The smallest absolute Gasteiger partial charge is 0.139 e. The van der Waals surface area contributed by atoms with Crippen molar-refractivity contribution in [3.05, 3.63) is 47.6 Å². The molecule has 1 heterocycles. The molecular weight excluding hydrogens is 232 g/mol. The standard InChI is InChI=1S/C14H13ClN2/c15-14-12-8-4-1-5-10(12)9-13(17-14)16-11-6-2-3-7-11/h1-5,8-9,11H,6-7H2,(H,16,17). The average Bonchev–Trinajstić information content (AvgIpc) is 2.82. The molecule has 3 heteroatoms. The predicted octanol–water partition coefficient (Wildman–Crippen LogP) is 4.02. The highest BCUT2D eigenvalue weighted by atomic mass is 35.5. The van der Waals surface area contributed by atoms with E-state index in [1.54, 1.807) is 0 Å². The Bertz CT molecular complexity index is 569.